The predicted molar refractivity (Wildman–Crippen MR) is 76.2 cm³/mol. The molecule has 1 aromatic heterocycles. The lowest BCUT2D eigenvalue weighted by Gasteiger charge is -2.28. The number of aromatic nitrogens is 1. The second kappa shape index (κ2) is 6.71. The largest absolute Gasteiger partial charge is 0.313 e. The average molecular weight is 288 g/mol. The van der Waals surface area contributed by atoms with Gasteiger partial charge < -0.3 is 10.2 Å². The van der Waals surface area contributed by atoms with Gasteiger partial charge in [-0.25, -0.2) is 4.98 Å². The van der Waals surface area contributed by atoms with Gasteiger partial charge in [-0.05, 0) is 32.5 Å². The molecule has 0 bridgehead atoms. The molecule has 0 spiro atoms. The number of hydrogen-bond acceptors (Lipinski definition) is 3. The Balaban J connectivity index is 1.87. The van der Waals surface area contributed by atoms with Gasteiger partial charge >= 0.3 is 0 Å². The zero-order valence-electron chi connectivity index (χ0n) is 10.6. The van der Waals surface area contributed by atoms with Crippen LogP contribution in [0.25, 0.3) is 0 Å². The first-order chi connectivity index (χ1) is 8.65. The van der Waals surface area contributed by atoms with E-state index in [1.165, 1.54) is 19.3 Å². The molecule has 1 unspecified atom stereocenters. The summed E-state index contributed by atoms with van der Waals surface area (Å²) in [5.74, 6) is 0. The van der Waals surface area contributed by atoms with Gasteiger partial charge in [-0.1, -0.05) is 29.6 Å². The van der Waals surface area contributed by atoms with Gasteiger partial charge in [0.25, 0.3) is 0 Å². The van der Waals surface area contributed by atoms with Crippen LogP contribution in [0.5, 0.6) is 0 Å². The van der Waals surface area contributed by atoms with Crippen molar-refractivity contribution in [2.45, 2.75) is 31.8 Å². The Morgan fingerprint density at radius 2 is 2.28 bits per heavy atom. The van der Waals surface area contributed by atoms with Gasteiger partial charge in [-0.15, -0.1) is 0 Å². The van der Waals surface area contributed by atoms with Crippen molar-refractivity contribution in [2.24, 2.45) is 0 Å². The Morgan fingerprint density at radius 3 is 2.94 bits per heavy atom. The van der Waals surface area contributed by atoms with E-state index in [4.69, 9.17) is 23.2 Å². The van der Waals surface area contributed by atoms with Crippen molar-refractivity contribution in [3.8, 4) is 0 Å². The molecule has 1 aromatic rings. The smallest absolute Gasteiger partial charge is 0.130 e. The van der Waals surface area contributed by atoms with Crippen molar-refractivity contribution in [1.82, 2.24) is 15.2 Å². The highest BCUT2D eigenvalue weighted by Crippen LogP contribution is 2.20. The lowest BCUT2D eigenvalue weighted by atomic mass is 10.0. The normalized spacial score (nSPS) is 20.3. The summed E-state index contributed by atoms with van der Waals surface area (Å²) in [5.41, 5.74) is 1.03. The minimum atomic E-state index is 0.445. The standard InChI is InChI=1S/C13H19Cl2N3/c1-18(9-11-4-2-3-5-16-11)8-10-7-17-13(15)6-12(10)14/h6-7,11,16H,2-5,8-9H2,1H3. The monoisotopic (exact) mass is 287 g/mol. The Kier molecular flexibility index (Phi) is 5.25. The maximum absolute atomic E-state index is 6.15. The first kappa shape index (κ1) is 14.1. The van der Waals surface area contributed by atoms with E-state index in [0.717, 1.165) is 25.2 Å². The molecule has 0 amide bonds. The minimum absolute atomic E-state index is 0.445. The summed E-state index contributed by atoms with van der Waals surface area (Å²) in [6.07, 6.45) is 5.65. The highest BCUT2D eigenvalue weighted by Gasteiger charge is 2.15. The van der Waals surface area contributed by atoms with Gasteiger partial charge in [0, 0.05) is 35.9 Å². The molecular formula is C13H19Cl2N3. The zero-order chi connectivity index (χ0) is 13.0. The van der Waals surface area contributed by atoms with Gasteiger partial charge in [0.2, 0.25) is 0 Å². The first-order valence-electron chi connectivity index (χ1n) is 6.37. The molecule has 1 N–H and O–H groups in total. The summed E-state index contributed by atoms with van der Waals surface area (Å²) in [5, 5.41) is 4.69. The maximum atomic E-state index is 6.15. The maximum Gasteiger partial charge on any atom is 0.130 e. The van der Waals surface area contributed by atoms with Crippen molar-refractivity contribution in [3.05, 3.63) is 28.0 Å². The lowest BCUT2D eigenvalue weighted by molar-refractivity contribution is 0.256. The van der Waals surface area contributed by atoms with Crippen LogP contribution in [0.2, 0.25) is 10.2 Å². The summed E-state index contributed by atoms with van der Waals surface area (Å²) in [4.78, 5) is 6.36. The number of rotatable bonds is 4. The third kappa shape index (κ3) is 4.09. The van der Waals surface area contributed by atoms with Gasteiger partial charge in [0.1, 0.15) is 5.15 Å². The number of pyridine rings is 1. The van der Waals surface area contributed by atoms with Crippen LogP contribution in [0.3, 0.4) is 0 Å². The third-order valence-electron chi connectivity index (χ3n) is 3.28. The number of hydrogen-bond donors (Lipinski definition) is 1. The summed E-state index contributed by atoms with van der Waals surface area (Å²) >= 11 is 11.9. The molecule has 2 rings (SSSR count). The third-order valence-corrected chi connectivity index (χ3v) is 3.84. The van der Waals surface area contributed by atoms with Crippen molar-refractivity contribution >= 4 is 23.2 Å². The fraction of sp³-hybridized carbons (Fsp3) is 0.615. The number of halogens is 2. The van der Waals surface area contributed by atoms with E-state index < -0.39 is 0 Å². The summed E-state index contributed by atoms with van der Waals surface area (Å²) < 4.78 is 0. The number of piperidine rings is 1. The van der Waals surface area contributed by atoms with Crippen LogP contribution < -0.4 is 5.32 Å². The second-order valence-electron chi connectivity index (χ2n) is 4.94. The van der Waals surface area contributed by atoms with Crippen molar-refractivity contribution in [2.75, 3.05) is 20.1 Å². The topological polar surface area (TPSA) is 28.2 Å². The van der Waals surface area contributed by atoms with Crippen LogP contribution in [-0.4, -0.2) is 36.1 Å². The van der Waals surface area contributed by atoms with Gasteiger partial charge in [0.05, 0.1) is 0 Å². The molecule has 3 nitrogen and oxygen atoms in total. The predicted octanol–water partition coefficient (Wildman–Crippen LogP) is 2.96. The molecule has 1 atom stereocenters. The zero-order valence-corrected chi connectivity index (χ0v) is 12.1. The Hall–Kier alpha value is -0.350. The van der Waals surface area contributed by atoms with Crippen LogP contribution in [-0.2, 0) is 6.54 Å². The van der Waals surface area contributed by atoms with Gasteiger partial charge in [-0.2, -0.15) is 0 Å². The average Bonchev–Trinajstić information content (AvgIpc) is 2.34. The second-order valence-corrected chi connectivity index (χ2v) is 5.74. The van der Waals surface area contributed by atoms with Crippen molar-refractivity contribution < 1.29 is 0 Å². The fourth-order valence-electron chi connectivity index (χ4n) is 2.36. The molecule has 0 radical (unpaired) electrons. The molecule has 1 aliphatic rings. The molecule has 1 fully saturated rings. The van der Waals surface area contributed by atoms with Gasteiger partial charge in [-0.3, -0.25) is 0 Å². The SMILES string of the molecule is CN(Cc1cnc(Cl)cc1Cl)CC1CCCCN1. The number of nitrogens with zero attached hydrogens (tertiary/aromatic N) is 2. The molecule has 5 heteroatoms. The quantitative estimate of drug-likeness (QED) is 0.863. The molecule has 1 aliphatic heterocycles. The van der Waals surface area contributed by atoms with Crippen molar-refractivity contribution in [3.63, 3.8) is 0 Å². The molecule has 2 heterocycles. The molecular weight excluding hydrogens is 269 g/mol. The molecule has 0 aliphatic carbocycles. The van der Waals surface area contributed by atoms with E-state index in [1.54, 1.807) is 12.3 Å². The summed E-state index contributed by atoms with van der Waals surface area (Å²) in [7, 11) is 2.11. The highest BCUT2D eigenvalue weighted by molar-refractivity contribution is 6.34. The van der Waals surface area contributed by atoms with Crippen molar-refractivity contribution in [1.29, 1.82) is 0 Å². The van der Waals surface area contributed by atoms with Crippen LogP contribution >= 0.6 is 23.2 Å². The molecule has 1 saturated heterocycles. The molecule has 18 heavy (non-hydrogen) atoms. The van der Waals surface area contributed by atoms with Crippen LogP contribution in [0.4, 0.5) is 0 Å². The Labute approximate surface area is 118 Å². The summed E-state index contributed by atoms with van der Waals surface area (Å²) in [6.45, 7) is 2.99. The number of nitrogens with one attached hydrogen (secondary N) is 1. The molecule has 0 aromatic carbocycles. The molecule has 0 saturated carbocycles. The van der Waals surface area contributed by atoms with Gasteiger partial charge in [0.15, 0.2) is 0 Å². The van der Waals surface area contributed by atoms with E-state index in [1.807, 2.05) is 0 Å². The first-order valence-corrected chi connectivity index (χ1v) is 7.12. The highest BCUT2D eigenvalue weighted by atomic mass is 35.5. The number of likely N-dealkylation sites (N-methyl/N-ethyl adjacent to an activating group) is 1. The fourth-order valence-corrected chi connectivity index (χ4v) is 2.79. The minimum Gasteiger partial charge on any atom is -0.313 e. The van der Waals surface area contributed by atoms with E-state index in [-0.39, 0.29) is 0 Å². The van der Waals surface area contributed by atoms with Crippen LogP contribution in [0.15, 0.2) is 12.3 Å². The molecule has 100 valence electrons. The van der Waals surface area contributed by atoms with E-state index in [2.05, 4.69) is 22.2 Å². The van der Waals surface area contributed by atoms with E-state index in [9.17, 15) is 0 Å². The van der Waals surface area contributed by atoms with E-state index in [0.29, 0.717) is 16.2 Å². The van der Waals surface area contributed by atoms with Crippen LogP contribution in [0.1, 0.15) is 24.8 Å². The van der Waals surface area contributed by atoms with Crippen LogP contribution in [0, 0.1) is 0 Å². The Bertz CT molecular complexity index is 392. The lowest BCUT2D eigenvalue weighted by Crippen LogP contribution is -2.42. The Morgan fingerprint density at radius 1 is 1.44 bits per heavy atom. The van der Waals surface area contributed by atoms with E-state index >= 15 is 0 Å². The summed E-state index contributed by atoms with van der Waals surface area (Å²) in [6, 6.07) is 2.30.